The Morgan fingerprint density at radius 3 is 2.29 bits per heavy atom. The van der Waals surface area contributed by atoms with Crippen LogP contribution < -0.4 is 19.9 Å². The number of nitrogens with one attached hydrogen (secondary N) is 3. The Bertz CT molecular complexity index is 3390. The molecule has 7 atom stereocenters. The molecule has 0 spiro atoms. The van der Waals surface area contributed by atoms with Gasteiger partial charge in [0, 0.05) is 80.3 Å². The fourth-order valence-corrected chi connectivity index (χ4v) is 13.5. The van der Waals surface area contributed by atoms with E-state index in [1.807, 2.05) is 88.7 Å². The number of pyridine rings is 1. The molecule has 4 saturated heterocycles. The number of benzene rings is 3. The number of β-amino-alcohol motifs (C(OH)–C–C–N with tert-alkyl or cyclic N) is 1. The van der Waals surface area contributed by atoms with Crippen LogP contribution in [0.15, 0.2) is 84.6 Å². The van der Waals surface area contributed by atoms with E-state index in [0.717, 1.165) is 76.0 Å². The minimum atomic E-state index is -2.85. The second-order valence-electron chi connectivity index (χ2n) is 23.6. The summed E-state index contributed by atoms with van der Waals surface area (Å²) in [6.45, 7) is 13.4. The van der Waals surface area contributed by atoms with Gasteiger partial charge in [0.25, 0.3) is 11.3 Å². The number of rotatable bonds is 18. The molecule has 0 saturated carbocycles. The number of aliphatic hydroxyl groups is 2. The molecule has 0 aliphatic carbocycles. The Morgan fingerprint density at radius 1 is 0.905 bits per heavy atom. The number of hydrogen-bond acceptors (Lipinski definition) is 14. The monoisotopic (exact) mass is 1200 g/mol. The van der Waals surface area contributed by atoms with Crippen LogP contribution in [0.5, 0.6) is 0 Å². The lowest BCUT2D eigenvalue weighted by Gasteiger charge is -2.44. The summed E-state index contributed by atoms with van der Waals surface area (Å²) >= 11 is -1.28. The van der Waals surface area contributed by atoms with Crippen molar-refractivity contribution in [3.63, 3.8) is 0 Å². The van der Waals surface area contributed by atoms with Gasteiger partial charge in [0.2, 0.25) is 23.5 Å². The molecule has 4 aliphatic rings. The van der Waals surface area contributed by atoms with E-state index in [-0.39, 0.29) is 75.1 Å². The van der Waals surface area contributed by atoms with Crippen molar-refractivity contribution >= 4 is 68.5 Å². The van der Waals surface area contributed by atoms with E-state index < -0.39 is 75.6 Å². The molecule has 19 nitrogen and oxygen atoms in total. The Morgan fingerprint density at radius 2 is 1.63 bits per heavy atom. The van der Waals surface area contributed by atoms with Crippen molar-refractivity contribution in [3.05, 3.63) is 119 Å². The number of anilines is 2. The van der Waals surface area contributed by atoms with Crippen LogP contribution >= 0.6 is 11.3 Å². The second kappa shape index (κ2) is 25.5. The van der Waals surface area contributed by atoms with Gasteiger partial charge in [0.05, 0.1) is 59.5 Å². The van der Waals surface area contributed by atoms with E-state index >= 15 is 8.78 Å². The van der Waals surface area contributed by atoms with Gasteiger partial charge < -0.3 is 35.6 Å². The van der Waals surface area contributed by atoms with Crippen molar-refractivity contribution in [1.29, 1.82) is 0 Å². The molecule has 0 bridgehead atoms. The number of hydrogen-bond donors (Lipinski definition) is 6. The highest BCUT2D eigenvalue weighted by molar-refractivity contribution is 7.80. The number of carbonyl (C=O) groups is 4. The molecule has 24 heteroatoms. The number of aromatic nitrogens is 3. The number of nitrogens with zero attached hydrogens (tertiary/aromatic N) is 8. The fourth-order valence-electron chi connectivity index (χ4n) is 12.1. The number of amides is 3. The number of H-pyrrole nitrogens is 1. The number of alkyl halides is 1. The minimum Gasteiger partial charge on any atom is -0.395 e. The second-order valence-corrected chi connectivity index (χ2v) is 25.3. The van der Waals surface area contributed by atoms with Gasteiger partial charge in [-0.15, -0.1) is 11.3 Å². The predicted octanol–water partition coefficient (Wildman–Crippen LogP) is 6.64. The number of thiazole rings is 1. The summed E-state index contributed by atoms with van der Waals surface area (Å²) < 4.78 is 68.6. The lowest BCUT2D eigenvalue weighted by atomic mass is 9.85. The number of aryl methyl sites for hydroxylation is 1. The molecule has 10 rings (SSSR count). The van der Waals surface area contributed by atoms with E-state index in [0.29, 0.717) is 53.1 Å². The molecule has 6 N–H and O–H groups in total. The first-order valence-corrected chi connectivity index (χ1v) is 30.4. The highest BCUT2D eigenvalue weighted by Crippen LogP contribution is 2.35. The van der Waals surface area contributed by atoms with Crippen LogP contribution in [0.2, 0.25) is 0 Å². The average Bonchev–Trinajstić information content (AvgIpc) is 3.39. The molecule has 3 amide bonds. The molecule has 448 valence electrons. The van der Waals surface area contributed by atoms with Crippen LogP contribution in [0, 0.1) is 29.9 Å². The quantitative estimate of drug-likeness (QED) is 0.0392. The standard InChI is InChI=1S/C60H72F3N11O8S2/c1-35(38-6-8-40(9-7-38)55-36(2)66-34-83-55)67-58(79)50-25-45(76)31-73(50)59(80)56(60(3,4)5)68-51(77)32-69-19-16-37(17-20-69)28-70-22-23-71(30-44(70)33-75)43-12-10-39(11-13-43)41-24-46-47(27-65-57(46)64-26-41)54(78)52-48(62)14-15-49(53(52)63)74(84(81)82)72-21-18-42(61)29-72/h6-15,24,26-27,34-35,37,42,44-45,50,56,75-76H,16-23,25,28-33H2,1-5H3,(H,64,65)(H,67,79)(H,68,77)(H,81,82)/t35-,42+,44-,45+,50-,56+/m0/s1. The summed E-state index contributed by atoms with van der Waals surface area (Å²) in [5.74, 6) is -4.29. The van der Waals surface area contributed by atoms with Gasteiger partial charge in [0.15, 0.2) is 5.82 Å². The molecule has 3 aromatic heterocycles. The van der Waals surface area contributed by atoms with Crippen LogP contribution in [0.4, 0.5) is 24.5 Å². The van der Waals surface area contributed by atoms with Gasteiger partial charge in [0.1, 0.15) is 35.4 Å². The van der Waals surface area contributed by atoms with Crippen LogP contribution in [0.25, 0.3) is 32.6 Å². The third-order valence-electron chi connectivity index (χ3n) is 16.8. The molecule has 3 aromatic carbocycles. The Hall–Kier alpha value is -6.64. The van der Waals surface area contributed by atoms with Crippen LogP contribution in [0.3, 0.4) is 0 Å². The number of fused-ring (bicyclic) bond motifs is 1. The lowest BCUT2D eigenvalue weighted by Crippen LogP contribution is -2.59. The van der Waals surface area contributed by atoms with Gasteiger partial charge in [-0.2, -0.15) is 4.41 Å². The van der Waals surface area contributed by atoms with Crippen LogP contribution in [-0.2, 0) is 25.7 Å². The molecule has 0 radical (unpaired) electrons. The summed E-state index contributed by atoms with van der Waals surface area (Å²) in [5, 5.41) is 28.9. The molecule has 4 aliphatic heterocycles. The van der Waals surface area contributed by atoms with Crippen LogP contribution in [-0.4, -0.2) is 180 Å². The number of carbonyl (C=O) groups excluding carboxylic acids is 4. The molecular formula is C60H72F3N11O8S2. The van der Waals surface area contributed by atoms with Crippen molar-refractivity contribution in [2.75, 3.05) is 81.4 Å². The van der Waals surface area contributed by atoms with E-state index in [1.165, 1.54) is 11.1 Å². The van der Waals surface area contributed by atoms with E-state index in [2.05, 4.69) is 40.3 Å². The Labute approximate surface area is 492 Å². The number of aliphatic hydroxyl groups excluding tert-OH is 2. The first-order valence-electron chi connectivity index (χ1n) is 28.5. The maximum absolute atomic E-state index is 16.2. The molecule has 1 unspecified atom stereocenters. The summed E-state index contributed by atoms with van der Waals surface area (Å²) in [7, 11) is 0. The van der Waals surface area contributed by atoms with Gasteiger partial charge in [-0.05, 0) is 105 Å². The maximum atomic E-state index is 16.2. The lowest BCUT2D eigenvalue weighted by molar-refractivity contribution is -0.144. The third-order valence-corrected chi connectivity index (χ3v) is 18.5. The Balaban J connectivity index is 0.706. The first kappa shape index (κ1) is 60.5. The molecule has 84 heavy (non-hydrogen) atoms. The van der Waals surface area contributed by atoms with Gasteiger partial charge in [-0.3, -0.25) is 33.5 Å². The molecule has 7 heterocycles. The zero-order valence-electron chi connectivity index (χ0n) is 47.6. The average molecular weight is 1200 g/mol. The highest BCUT2D eigenvalue weighted by Gasteiger charge is 2.45. The third kappa shape index (κ3) is 13.1. The first-order chi connectivity index (χ1) is 40.1. The zero-order valence-corrected chi connectivity index (χ0v) is 49.3. The zero-order chi connectivity index (χ0) is 59.7. The topological polar surface area (TPSA) is 231 Å². The van der Waals surface area contributed by atoms with E-state index in [1.54, 1.807) is 23.6 Å². The normalized spacial score (nSPS) is 21.4. The fraction of sp³-hybridized carbons (Fsp3) is 0.467. The summed E-state index contributed by atoms with van der Waals surface area (Å²) in [4.78, 5) is 76.8. The largest absolute Gasteiger partial charge is 0.395 e. The predicted molar refractivity (Wildman–Crippen MR) is 316 cm³/mol. The minimum absolute atomic E-state index is 0.0153. The number of piperidine rings is 1. The van der Waals surface area contributed by atoms with Crippen LogP contribution in [0.1, 0.15) is 86.6 Å². The van der Waals surface area contributed by atoms with Gasteiger partial charge in [-0.1, -0.05) is 57.2 Å². The highest BCUT2D eigenvalue weighted by atomic mass is 32.2. The smallest absolute Gasteiger partial charge is 0.277 e. The number of halogens is 3. The van der Waals surface area contributed by atoms with E-state index in [9.17, 15) is 42.5 Å². The van der Waals surface area contributed by atoms with Crippen molar-refractivity contribution in [2.45, 2.75) is 96.7 Å². The number of piperazine rings is 1. The number of likely N-dealkylation sites (tertiary alicyclic amines) is 2. The van der Waals surface area contributed by atoms with Crippen molar-refractivity contribution < 1.29 is 51.3 Å². The number of aromatic amines is 1. The van der Waals surface area contributed by atoms with Gasteiger partial charge in [-0.25, -0.2) is 32.4 Å². The summed E-state index contributed by atoms with van der Waals surface area (Å²) in [6, 6.07) is 16.8. The molecule has 6 aromatic rings. The van der Waals surface area contributed by atoms with E-state index in [4.69, 9.17) is 0 Å². The van der Waals surface area contributed by atoms with Crippen molar-refractivity contribution in [3.8, 4) is 21.6 Å². The van der Waals surface area contributed by atoms with Gasteiger partial charge >= 0.3 is 0 Å². The summed E-state index contributed by atoms with van der Waals surface area (Å²) in [6.07, 6.45) is 2.55. The van der Waals surface area contributed by atoms with Crippen molar-refractivity contribution in [1.82, 2.24) is 45.3 Å². The SMILES string of the molecule is Cc1ncsc1-c1ccc([C@H](C)NC(=O)[C@@H]2C[C@@H](O)CN2C(=O)[C@@H](NC(=O)CN2CCC(CN3CCN(c4ccc(-c5cnc6[nH]cc(C(=O)c7c(F)ccc(N(N8CC[C@@H](F)C8)S(=O)O)c7F)c6c5)cc4)C[C@H]3CO)CC2)C(C)(C)C)cc1. The number of hydrazine groups is 1. The molecular weight excluding hydrogens is 1120 g/mol. The van der Waals surface area contributed by atoms with Crippen molar-refractivity contribution in [2.24, 2.45) is 11.3 Å². The Kier molecular flexibility index (Phi) is 18.4. The maximum Gasteiger partial charge on any atom is 0.277 e. The molecule has 4 fully saturated rings. The summed E-state index contributed by atoms with van der Waals surface area (Å²) in [5.41, 5.74) is 5.07. The number of ketones is 1.